The van der Waals surface area contributed by atoms with Crippen LogP contribution in [0.15, 0.2) is 0 Å². The van der Waals surface area contributed by atoms with E-state index in [-0.39, 0.29) is 0 Å². The highest BCUT2D eigenvalue weighted by molar-refractivity contribution is 4.85. The molecule has 1 heteroatoms. The second-order valence-electron chi connectivity index (χ2n) is 7.21. The fourth-order valence-electron chi connectivity index (χ4n) is 3.67. The van der Waals surface area contributed by atoms with E-state index < -0.39 is 0 Å². The maximum Gasteiger partial charge on any atom is 0.00953 e. The van der Waals surface area contributed by atoms with Crippen LogP contribution in [0.3, 0.4) is 0 Å². The standard InChI is InChI=1S/C15H29N/c1-15(2,3)11-13-9-10-16(12-13)14-7-5-4-6-8-14/h13-14H,4-12H2,1-3H3. The van der Waals surface area contributed by atoms with Crippen molar-refractivity contribution in [2.45, 2.75) is 71.8 Å². The van der Waals surface area contributed by atoms with E-state index in [0.717, 1.165) is 12.0 Å². The Morgan fingerprint density at radius 3 is 2.31 bits per heavy atom. The second kappa shape index (κ2) is 5.08. The topological polar surface area (TPSA) is 3.24 Å². The molecule has 1 saturated carbocycles. The normalized spacial score (nSPS) is 29.8. The van der Waals surface area contributed by atoms with E-state index in [0.29, 0.717) is 5.41 Å². The summed E-state index contributed by atoms with van der Waals surface area (Å²) >= 11 is 0. The molecule has 1 aliphatic heterocycles. The van der Waals surface area contributed by atoms with Crippen LogP contribution < -0.4 is 0 Å². The summed E-state index contributed by atoms with van der Waals surface area (Å²) in [7, 11) is 0. The molecule has 0 N–H and O–H groups in total. The summed E-state index contributed by atoms with van der Waals surface area (Å²) in [6.45, 7) is 9.93. The van der Waals surface area contributed by atoms with Gasteiger partial charge in [0, 0.05) is 12.6 Å². The minimum absolute atomic E-state index is 0.521. The first kappa shape index (κ1) is 12.4. The minimum atomic E-state index is 0.521. The van der Waals surface area contributed by atoms with E-state index in [4.69, 9.17) is 0 Å². The van der Waals surface area contributed by atoms with E-state index in [1.165, 1.54) is 58.0 Å². The van der Waals surface area contributed by atoms with Gasteiger partial charge in [-0.15, -0.1) is 0 Å². The fraction of sp³-hybridized carbons (Fsp3) is 1.00. The Labute approximate surface area is 102 Å². The molecule has 1 unspecified atom stereocenters. The van der Waals surface area contributed by atoms with Crippen LogP contribution in [0, 0.1) is 11.3 Å². The first-order chi connectivity index (χ1) is 7.54. The van der Waals surface area contributed by atoms with Crippen LogP contribution >= 0.6 is 0 Å². The molecular formula is C15H29N. The molecule has 0 aromatic rings. The van der Waals surface area contributed by atoms with Crippen LogP contribution in [-0.4, -0.2) is 24.0 Å². The van der Waals surface area contributed by atoms with Crippen LogP contribution in [-0.2, 0) is 0 Å². The second-order valence-corrected chi connectivity index (χ2v) is 7.21. The Morgan fingerprint density at radius 1 is 1.00 bits per heavy atom. The van der Waals surface area contributed by atoms with E-state index in [9.17, 15) is 0 Å². The summed E-state index contributed by atoms with van der Waals surface area (Å²) in [6.07, 6.45) is 10.3. The number of likely N-dealkylation sites (tertiary alicyclic amines) is 1. The van der Waals surface area contributed by atoms with Gasteiger partial charge in [-0.05, 0) is 43.6 Å². The van der Waals surface area contributed by atoms with Crippen molar-refractivity contribution in [3.05, 3.63) is 0 Å². The SMILES string of the molecule is CC(C)(C)CC1CCN(C2CCCCC2)C1. The largest absolute Gasteiger partial charge is 0.300 e. The third-order valence-electron chi connectivity index (χ3n) is 4.31. The van der Waals surface area contributed by atoms with E-state index >= 15 is 0 Å². The maximum atomic E-state index is 2.80. The molecule has 1 aliphatic carbocycles. The predicted molar refractivity (Wildman–Crippen MR) is 70.6 cm³/mol. The molecule has 2 aliphatic rings. The van der Waals surface area contributed by atoms with Gasteiger partial charge in [-0.2, -0.15) is 0 Å². The van der Waals surface area contributed by atoms with Crippen molar-refractivity contribution in [2.75, 3.05) is 13.1 Å². The number of rotatable bonds is 2. The third-order valence-corrected chi connectivity index (χ3v) is 4.31. The lowest BCUT2D eigenvalue weighted by molar-refractivity contribution is 0.178. The van der Waals surface area contributed by atoms with Gasteiger partial charge in [0.1, 0.15) is 0 Å². The molecular weight excluding hydrogens is 194 g/mol. The zero-order chi connectivity index (χ0) is 11.6. The van der Waals surface area contributed by atoms with Crippen LogP contribution in [0.1, 0.15) is 65.7 Å². The van der Waals surface area contributed by atoms with E-state index in [1.54, 1.807) is 0 Å². The van der Waals surface area contributed by atoms with Gasteiger partial charge in [0.2, 0.25) is 0 Å². The lowest BCUT2D eigenvalue weighted by atomic mass is 9.84. The van der Waals surface area contributed by atoms with Crippen molar-refractivity contribution in [3.8, 4) is 0 Å². The summed E-state index contributed by atoms with van der Waals surface area (Å²) in [5, 5.41) is 0. The molecule has 0 aromatic carbocycles. The zero-order valence-electron chi connectivity index (χ0n) is 11.5. The summed E-state index contributed by atoms with van der Waals surface area (Å²) in [5.41, 5.74) is 0.521. The van der Waals surface area contributed by atoms with Crippen molar-refractivity contribution in [3.63, 3.8) is 0 Å². The van der Waals surface area contributed by atoms with Crippen molar-refractivity contribution in [1.82, 2.24) is 4.90 Å². The van der Waals surface area contributed by atoms with Gasteiger partial charge in [-0.1, -0.05) is 40.0 Å². The smallest absolute Gasteiger partial charge is 0.00953 e. The van der Waals surface area contributed by atoms with Gasteiger partial charge in [-0.3, -0.25) is 0 Å². The van der Waals surface area contributed by atoms with Crippen molar-refractivity contribution >= 4 is 0 Å². The first-order valence-corrected chi connectivity index (χ1v) is 7.29. The molecule has 1 nitrogen and oxygen atoms in total. The lowest BCUT2D eigenvalue weighted by Gasteiger charge is -2.31. The lowest BCUT2D eigenvalue weighted by Crippen LogP contribution is -2.35. The van der Waals surface area contributed by atoms with Gasteiger partial charge in [0.25, 0.3) is 0 Å². The van der Waals surface area contributed by atoms with E-state index in [1.807, 2.05) is 0 Å². The third kappa shape index (κ3) is 3.48. The van der Waals surface area contributed by atoms with Gasteiger partial charge >= 0.3 is 0 Å². The number of nitrogens with zero attached hydrogens (tertiary/aromatic N) is 1. The van der Waals surface area contributed by atoms with Crippen LogP contribution in [0.2, 0.25) is 0 Å². The molecule has 0 amide bonds. The molecule has 1 saturated heterocycles. The molecule has 1 heterocycles. The highest BCUT2D eigenvalue weighted by Gasteiger charge is 2.30. The molecule has 0 radical (unpaired) electrons. The zero-order valence-corrected chi connectivity index (χ0v) is 11.5. The Bertz CT molecular complexity index is 210. The van der Waals surface area contributed by atoms with Crippen LogP contribution in [0.4, 0.5) is 0 Å². The monoisotopic (exact) mass is 223 g/mol. The van der Waals surface area contributed by atoms with Crippen molar-refractivity contribution < 1.29 is 0 Å². The van der Waals surface area contributed by atoms with Gasteiger partial charge in [-0.25, -0.2) is 0 Å². The summed E-state index contributed by atoms with van der Waals surface area (Å²) in [5.74, 6) is 0.974. The molecule has 0 bridgehead atoms. The van der Waals surface area contributed by atoms with Crippen LogP contribution in [0.5, 0.6) is 0 Å². The fourth-order valence-corrected chi connectivity index (χ4v) is 3.67. The molecule has 2 rings (SSSR count). The quantitative estimate of drug-likeness (QED) is 0.682. The van der Waals surface area contributed by atoms with Crippen LogP contribution in [0.25, 0.3) is 0 Å². The highest BCUT2D eigenvalue weighted by Crippen LogP contribution is 2.33. The summed E-state index contributed by atoms with van der Waals surface area (Å²) in [6, 6.07) is 0.943. The van der Waals surface area contributed by atoms with Crippen molar-refractivity contribution in [2.24, 2.45) is 11.3 Å². The Hall–Kier alpha value is -0.0400. The Morgan fingerprint density at radius 2 is 1.69 bits per heavy atom. The predicted octanol–water partition coefficient (Wildman–Crippen LogP) is 4.08. The molecule has 0 spiro atoms. The number of hydrogen-bond acceptors (Lipinski definition) is 1. The van der Waals surface area contributed by atoms with E-state index in [2.05, 4.69) is 25.7 Å². The summed E-state index contributed by atoms with van der Waals surface area (Å²) in [4.78, 5) is 2.80. The Kier molecular flexibility index (Phi) is 3.94. The summed E-state index contributed by atoms with van der Waals surface area (Å²) < 4.78 is 0. The van der Waals surface area contributed by atoms with Crippen molar-refractivity contribution in [1.29, 1.82) is 0 Å². The first-order valence-electron chi connectivity index (χ1n) is 7.29. The molecule has 94 valence electrons. The average Bonchev–Trinajstić information content (AvgIpc) is 2.65. The molecule has 0 aromatic heterocycles. The van der Waals surface area contributed by atoms with Gasteiger partial charge in [0.15, 0.2) is 0 Å². The maximum absolute atomic E-state index is 2.80. The molecule has 16 heavy (non-hydrogen) atoms. The highest BCUT2D eigenvalue weighted by atomic mass is 15.2. The average molecular weight is 223 g/mol. The van der Waals surface area contributed by atoms with Gasteiger partial charge in [0.05, 0.1) is 0 Å². The Balaban J connectivity index is 1.78. The minimum Gasteiger partial charge on any atom is -0.300 e. The molecule has 1 atom stereocenters. The molecule has 2 fully saturated rings. The van der Waals surface area contributed by atoms with Gasteiger partial charge < -0.3 is 4.90 Å². The number of hydrogen-bond donors (Lipinski definition) is 0.